The number of ether oxygens (including phenoxy) is 1. The van der Waals surface area contributed by atoms with Gasteiger partial charge in [0.05, 0.1) is 11.9 Å². The molecule has 0 spiro atoms. The third kappa shape index (κ3) is 3.19. The summed E-state index contributed by atoms with van der Waals surface area (Å²) in [6, 6.07) is 5.38. The maximum Gasteiger partial charge on any atom is 0.513 e. The first-order valence-electron chi connectivity index (χ1n) is 5.44. The highest BCUT2D eigenvalue weighted by Gasteiger charge is 2.29. The van der Waals surface area contributed by atoms with Crippen LogP contribution in [0.2, 0.25) is 0 Å². The molecule has 0 heterocycles. The van der Waals surface area contributed by atoms with Crippen molar-refractivity contribution in [3.63, 3.8) is 0 Å². The van der Waals surface area contributed by atoms with E-state index in [4.69, 9.17) is 4.74 Å². The van der Waals surface area contributed by atoms with Crippen LogP contribution in [0, 0.1) is 0 Å². The van der Waals surface area contributed by atoms with Crippen LogP contribution in [-0.4, -0.2) is 13.1 Å². The summed E-state index contributed by atoms with van der Waals surface area (Å²) in [4.78, 5) is 0. The normalized spacial score (nSPS) is 11.9. The standard InChI is InChI=1S/C11H15BF3O/c1-3-9(4-2)16-11-8-6-5-7-10(11)12(13,14)15/h5-9H,3-4H2,1-2H3/q-1. The molecule has 16 heavy (non-hydrogen) atoms. The van der Waals surface area contributed by atoms with Crippen molar-refractivity contribution in [2.75, 3.05) is 0 Å². The van der Waals surface area contributed by atoms with Crippen LogP contribution in [0.4, 0.5) is 12.9 Å². The third-order valence-corrected chi connectivity index (χ3v) is 2.48. The molecule has 90 valence electrons. The monoisotopic (exact) mass is 231 g/mol. The van der Waals surface area contributed by atoms with Crippen molar-refractivity contribution in [3.05, 3.63) is 24.3 Å². The first-order valence-corrected chi connectivity index (χ1v) is 5.44. The van der Waals surface area contributed by atoms with Crippen molar-refractivity contribution in [3.8, 4) is 5.75 Å². The molecule has 1 nitrogen and oxygen atoms in total. The van der Waals surface area contributed by atoms with Gasteiger partial charge in [-0.1, -0.05) is 37.5 Å². The molecule has 0 aliphatic carbocycles. The van der Waals surface area contributed by atoms with Crippen molar-refractivity contribution in [2.24, 2.45) is 0 Å². The summed E-state index contributed by atoms with van der Waals surface area (Å²) in [6.45, 7) is -1.21. The van der Waals surface area contributed by atoms with Crippen molar-refractivity contribution in [1.29, 1.82) is 0 Å². The van der Waals surface area contributed by atoms with Gasteiger partial charge in [-0.15, -0.1) is 0 Å². The topological polar surface area (TPSA) is 9.23 Å². The molecule has 0 N–H and O–H groups in total. The number of hydrogen-bond acceptors (Lipinski definition) is 1. The Kier molecular flexibility index (Phi) is 4.27. The first-order chi connectivity index (χ1) is 7.49. The average Bonchev–Trinajstić information content (AvgIpc) is 2.25. The second-order valence-electron chi connectivity index (χ2n) is 3.67. The van der Waals surface area contributed by atoms with Crippen molar-refractivity contribution < 1.29 is 17.7 Å². The predicted molar refractivity (Wildman–Crippen MR) is 60.2 cm³/mol. The van der Waals surface area contributed by atoms with Crippen LogP contribution in [0.3, 0.4) is 0 Å². The molecule has 0 unspecified atom stereocenters. The van der Waals surface area contributed by atoms with E-state index in [1.807, 2.05) is 13.8 Å². The molecule has 0 saturated heterocycles. The Morgan fingerprint density at radius 1 is 1.12 bits per heavy atom. The summed E-state index contributed by atoms with van der Waals surface area (Å²) in [5.41, 5.74) is -0.644. The largest absolute Gasteiger partial charge is 0.513 e. The van der Waals surface area contributed by atoms with Gasteiger partial charge in [-0.3, -0.25) is 0 Å². The van der Waals surface area contributed by atoms with Crippen LogP contribution in [0.15, 0.2) is 24.3 Å². The van der Waals surface area contributed by atoms with Crippen molar-refractivity contribution in [2.45, 2.75) is 32.8 Å². The molecule has 0 aliphatic rings. The van der Waals surface area contributed by atoms with Gasteiger partial charge in [-0.05, 0) is 18.9 Å². The molecule has 1 aromatic rings. The van der Waals surface area contributed by atoms with E-state index in [-0.39, 0.29) is 11.9 Å². The lowest BCUT2D eigenvalue weighted by molar-refractivity contribution is 0.194. The molecule has 0 radical (unpaired) electrons. The summed E-state index contributed by atoms with van der Waals surface area (Å²) in [7, 11) is 0. The molecule has 1 aromatic carbocycles. The molecule has 0 atom stereocenters. The van der Waals surface area contributed by atoms with E-state index in [2.05, 4.69) is 0 Å². The number of halogens is 3. The van der Waals surface area contributed by atoms with Gasteiger partial charge in [-0.25, -0.2) is 0 Å². The van der Waals surface area contributed by atoms with Crippen LogP contribution in [0.1, 0.15) is 26.7 Å². The van der Waals surface area contributed by atoms with Gasteiger partial charge in [0.25, 0.3) is 0 Å². The van der Waals surface area contributed by atoms with E-state index < -0.39 is 12.4 Å². The zero-order valence-electron chi connectivity index (χ0n) is 9.42. The number of benzene rings is 1. The Morgan fingerprint density at radius 2 is 1.69 bits per heavy atom. The quantitative estimate of drug-likeness (QED) is 0.706. The first kappa shape index (κ1) is 12.9. The summed E-state index contributed by atoms with van der Waals surface area (Å²) in [5, 5.41) is 0. The smallest absolute Gasteiger partial charge is 0.493 e. The fourth-order valence-corrected chi connectivity index (χ4v) is 1.49. The minimum atomic E-state index is -5.01. The van der Waals surface area contributed by atoms with Crippen LogP contribution >= 0.6 is 0 Å². The molecule has 0 aliphatic heterocycles. The van der Waals surface area contributed by atoms with E-state index in [0.29, 0.717) is 12.8 Å². The summed E-state index contributed by atoms with van der Waals surface area (Å²) >= 11 is 0. The summed E-state index contributed by atoms with van der Waals surface area (Å²) < 4.78 is 43.4. The fourth-order valence-electron chi connectivity index (χ4n) is 1.49. The van der Waals surface area contributed by atoms with E-state index >= 15 is 0 Å². The van der Waals surface area contributed by atoms with Gasteiger partial charge < -0.3 is 17.7 Å². The Labute approximate surface area is 93.7 Å². The van der Waals surface area contributed by atoms with Crippen LogP contribution in [0.25, 0.3) is 0 Å². The maximum absolute atomic E-state index is 12.7. The minimum absolute atomic E-state index is 0.0521. The average molecular weight is 231 g/mol. The maximum atomic E-state index is 12.7. The highest BCUT2D eigenvalue weighted by molar-refractivity contribution is 6.74. The van der Waals surface area contributed by atoms with Gasteiger partial charge in [0.15, 0.2) is 0 Å². The second kappa shape index (κ2) is 5.28. The second-order valence-corrected chi connectivity index (χ2v) is 3.67. The number of rotatable bonds is 5. The molecular weight excluding hydrogens is 216 g/mol. The van der Waals surface area contributed by atoms with Crippen molar-refractivity contribution in [1.82, 2.24) is 0 Å². The zero-order chi connectivity index (χ0) is 12.2. The summed E-state index contributed by atoms with van der Waals surface area (Å²) in [6.07, 6.45) is 1.25. The van der Waals surface area contributed by atoms with Crippen LogP contribution in [0.5, 0.6) is 5.75 Å². The molecule has 1 rings (SSSR count). The van der Waals surface area contributed by atoms with E-state index in [1.165, 1.54) is 12.1 Å². The van der Waals surface area contributed by atoms with Gasteiger partial charge in [0.1, 0.15) is 0 Å². The molecule has 0 bridgehead atoms. The highest BCUT2D eigenvalue weighted by Crippen LogP contribution is 2.19. The van der Waals surface area contributed by atoms with E-state index in [0.717, 1.165) is 6.07 Å². The predicted octanol–water partition coefficient (Wildman–Crippen LogP) is 3.31. The van der Waals surface area contributed by atoms with Crippen LogP contribution in [-0.2, 0) is 0 Å². The fraction of sp³-hybridized carbons (Fsp3) is 0.455. The molecule has 0 amide bonds. The van der Waals surface area contributed by atoms with Gasteiger partial charge in [0, 0.05) is 0 Å². The minimum Gasteiger partial charge on any atom is -0.493 e. The molecule has 5 heteroatoms. The van der Waals surface area contributed by atoms with Crippen LogP contribution < -0.4 is 10.2 Å². The van der Waals surface area contributed by atoms with Gasteiger partial charge >= 0.3 is 6.98 Å². The third-order valence-electron chi connectivity index (χ3n) is 2.48. The zero-order valence-corrected chi connectivity index (χ0v) is 9.42. The molecule has 0 saturated carbocycles. The van der Waals surface area contributed by atoms with Gasteiger partial charge in [-0.2, -0.15) is 0 Å². The molecular formula is C11H15BF3O-. The summed E-state index contributed by atoms with van der Waals surface area (Å²) in [5.74, 6) is -0.0521. The Bertz CT molecular complexity index is 334. The molecule has 0 aromatic heterocycles. The Balaban J connectivity index is 2.95. The lowest BCUT2D eigenvalue weighted by Gasteiger charge is -2.23. The molecule has 0 fully saturated rings. The van der Waals surface area contributed by atoms with E-state index in [9.17, 15) is 12.9 Å². The lowest BCUT2D eigenvalue weighted by atomic mass is 9.79. The number of hydrogen-bond donors (Lipinski definition) is 0. The van der Waals surface area contributed by atoms with E-state index in [1.54, 1.807) is 6.07 Å². The van der Waals surface area contributed by atoms with Crippen molar-refractivity contribution >= 4 is 12.4 Å². The highest BCUT2D eigenvalue weighted by atomic mass is 19.4. The lowest BCUT2D eigenvalue weighted by Crippen LogP contribution is -2.36. The Morgan fingerprint density at radius 3 is 2.19 bits per heavy atom. The number of para-hydroxylation sites is 1. The SMILES string of the molecule is CCC(CC)Oc1ccccc1[B-](F)(F)F. The Hall–Kier alpha value is -1.13. The van der Waals surface area contributed by atoms with Gasteiger partial charge in [0.2, 0.25) is 0 Å².